The predicted molar refractivity (Wildman–Crippen MR) is 101 cm³/mol. The maximum Gasteiger partial charge on any atom is 0.244 e. The van der Waals surface area contributed by atoms with Gasteiger partial charge in [0.1, 0.15) is 18.4 Å². The van der Waals surface area contributed by atoms with Gasteiger partial charge in [0, 0.05) is 37.5 Å². The smallest absolute Gasteiger partial charge is 0.244 e. The summed E-state index contributed by atoms with van der Waals surface area (Å²) in [7, 11) is 0. The third kappa shape index (κ3) is 4.87. The molecule has 1 aromatic carbocycles. The van der Waals surface area contributed by atoms with Gasteiger partial charge in [0.15, 0.2) is 0 Å². The first kappa shape index (κ1) is 18.9. The summed E-state index contributed by atoms with van der Waals surface area (Å²) in [6.07, 6.45) is 0.717. The molecule has 1 fully saturated rings. The van der Waals surface area contributed by atoms with E-state index in [0.717, 1.165) is 17.1 Å². The van der Waals surface area contributed by atoms with Gasteiger partial charge in [-0.25, -0.2) is 0 Å². The fourth-order valence-corrected chi connectivity index (χ4v) is 3.58. The number of hydrogen-bond donors (Lipinski definition) is 1. The van der Waals surface area contributed by atoms with Crippen molar-refractivity contribution in [3.05, 3.63) is 47.8 Å². The minimum Gasteiger partial charge on any atom is -0.490 e. The number of aromatic nitrogens is 2. The molecule has 1 aliphatic rings. The van der Waals surface area contributed by atoms with Crippen molar-refractivity contribution in [2.24, 2.45) is 11.7 Å². The number of hydrogen-bond acceptors (Lipinski definition) is 4. The predicted octanol–water partition coefficient (Wildman–Crippen LogP) is 1.67. The van der Waals surface area contributed by atoms with Gasteiger partial charge in [0.25, 0.3) is 0 Å². The number of primary amides is 1. The Morgan fingerprint density at radius 3 is 2.63 bits per heavy atom. The lowest BCUT2D eigenvalue weighted by atomic mass is 9.91. The zero-order chi connectivity index (χ0) is 19.4. The molecule has 0 aliphatic carbocycles. The van der Waals surface area contributed by atoms with Crippen LogP contribution in [-0.4, -0.2) is 45.7 Å². The van der Waals surface area contributed by atoms with Crippen LogP contribution in [0.15, 0.2) is 36.4 Å². The minimum atomic E-state index is -0.380. The van der Waals surface area contributed by atoms with Crippen LogP contribution in [0.4, 0.5) is 0 Å². The Morgan fingerprint density at radius 1 is 1.26 bits per heavy atom. The van der Waals surface area contributed by atoms with Crippen LogP contribution in [0.5, 0.6) is 5.75 Å². The second kappa shape index (κ2) is 8.24. The van der Waals surface area contributed by atoms with Crippen LogP contribution in [0.2, 0.25) is 0 Å². The molecule has 0 saturated carbocycles. The molecular formula is C20H26N4O3. The number of benzene rings is 1. The van der Waals surface area contributed by atoms with E-state index in [-0.39, 0.29) is 36.8 Å². The number of carbonyl (C=O) groups excluding carboxylic acids is 2. The summed E-state index contributed by atoms with van der Waals surface area (Å²) in [6, 6.07) is 11.5. The van der Waals surface area contributed by atoms with E-state index in [9.17, 15) is 9.59 Å². The maximum atomic E-state index is 12.7. The van der Waals surface area contributed by atoms with Crippen molar-refractivity contribution < 1.29 is 14.3 Å². The molecule has 27 heavy (non-hydrogen) atoms. The molecular weight excluding hydrogens is 344 g/mol. The number of piperidine rings is 1. The third-order valence-corrected chi connectivity index (χ3v) is 4.90. The molecule has 0 unspecified atom stereocenters. The second-order valence-electron chi connectivity index (χ2n) is 7.11. The molecule has 1 aliphatic heterocycles. The second-order valence-corrected chi connectivity index (χ2v) is 7.11. The SMILES string of the molecule is Cc1cc(C)n(CC(=O)N2CC[C@H](Oc3ccccc3)[C@@H](CC(N)=O)C2)n1. The van der Waals surface area contributed by atoms with Crippen molar-refractivity contribution >= 4 is 11.8 Å². The standard InChI is InChI=1S/C20H26N4O3/c1-14-10-15(2)24(22-14)13-20(26)23-9-8-18(16(12-23)11-19(21)25)27-17-6-4-3-5-7-17/h3-7,10,16,18H,8-9,11-13H2,1-2H3,(H2,21,25)/t16-,18-/m0/s1. The van der Waals surface area contributed by atoms with Gasteiger partial charge in [-0.1, -0.05) is 18.2 Å². The monoisotopic (exact) mass is 370 g/mol. The van der Waals surface area contributed by atoms with Gasteiger partial charge in [0.2, 0.25) is 11.8 Å². The molecule has 0 bridgehead atoms. The molecule has 0 radical (unpaired) electrons. The Labute approximate surface area is 159 Å². The number of para-hydroxylation sites is 1. The van der Waals surface area contributed by atoms with E-state index < -0.39 is 0 Å². The summed E-state index contributed by atoms with van der Waals surface area (Å²) < 4.78 is 7.79. The summed E-state index contributed by atoms with van der Waals surface area (Å²) in [6.45, 7) is 5.09. The largest absolute Gasteiger partial charge is 0.490 e. The van der Waals surface area contributed by atoms with Crippen molar-refractivity contribution in [1.29, 1.82) is 0 Å². The third-order valence-electron chi connectivity index (χ3n) is 4.90. The van der Waals surface area contributed by atoms with E-state index in [1.807, 2.05) is 50.2 Å². The first-order chi connectivity index (χ1) is 12.9. The molecule has 1 saturated heterocycles. The molecule has 144 valence electrons. The van der Waals surface area contributed by atoms with E-state index in [4.69, 9.17) is 10.5 Å². The van der Waals surface area contributed by atoms with E-state index >= 15 is 0 Å². The topological polar surface area (TPSA) is 90.5 Å². The van der Waals surface area contributed by atoms with Crippen LogP contribution >= 0.6 is 0 Å². The molecule has 2 aromatic rings. The van der Waals surface area contributed by atoms with E-state index in [1.54, 1.807) is 9.58 Å². The Hall–Kier alpha value is -2.83. The van der Waals surface area contributed by atoms with Gasteiger partial charge < -0.3 is 15.4 Å². The van der Waals surface area contributed by atoms with Gasteiger partial charge in [0.05, 0.1) is 5.69 Å². The number of likely N-dealkylation sites (tertiary alicyclic amines) is 1. The number of carbonyl (C=O) groups is 2. The fourth-order valence-electron chi connectivity index (χ4n) is 3.58. The molecule has 7 heteroatoms. The van der Waals surface area contributed by atoms with Crippen LogP contribution in [0.25, 0.3) is 0 Å². The van der Waals surface area contributed by atoms with Crippen LogP contribution in [-0.2, 0) is 16.1 Å². The average molecular weight is 370 g/mol. The molecule has 2 heterocycles. The Kier molecular flexibility index (Phi) is 5.78. The lowest BCUT2D eigenvalue weighted by Gasteiger charge is -2.38. The van der Waals surface area contributed by atoms with Gasteiger partial charge >= 0.3 is 0 Å². The summed E-state index contributed by atoms with van der Waals surface area (Å²) in [5.41, 5.74) is 7.28. The summed E-state index contributed by atoms with van der Waals surface area (Å²) in [4.78, 5) is 26.0. The van der Waals surface area contributed by atoms with Gasteiger partial charge in [-0.05, 0) is 32.0 Å². The highest BCUT2D eigenvalue weighted by atomic mass is 16.5. The normalized spacial score (nSPS) is 19.7. The highest BCUT2D eigenvalue weighted by Crippen LogP contribution is 2.25. The molecule has 3 rings (SSSR count). The van der Waals surface area contributed by atoms with Gasteiger partial charge in [-0.2, -0.15) is 5.10 Å². The fraction of sp³-hybridized carbons (Fsp3) is 0.450. The molecule has 0 spiro atoms. The summed E-state index contributed by atoms with van der Waals surface area (Å²) >= 11 is 0. The van der Waals surface area contributed by atoms with Crippen LogP contribution in [0.3, 0.4) is 0 Å². The Bertz CT molecular complexity index is 803. The van der Waals surface area contributed by atoms with E-state index in [0.29, 0.717) is 19.5 Å². The Balaban J connectivity index is 1.66. The molecule has 2 atom stereocenters. The first-order valence-electron chi connectivity index (χ1n) is 9.21. The van der Waals surface area contributed by atoms with Crippen LogP contribution < -0.4 is 10.5 Å². The highest BCUT2D eigenvalue weighted by molar-refractivity contribution is 5.77. The van der Waals surface area contributed by atoms with E-state index in [2.05, 4.69) is 5.10 Å². The van der Waals surface area contributed by atoms with Gasteiger partial charge in [-0.3, -0.25) is 14.3 Å². The molecule has 2 amide bonds. The lowest BCUT2D eigenvalue weighted by Crippen LogP contribution is -2.49. The molecule has 2 N–H and O–H groups in total. The number of ether oxygens (including phenoxy) is 1. The van der Waals surface area contributed by atoms with Crippen molar-refractivity contribution in [2.45, 2.75) is 39.3 Å². The summed E-state index contributed by atoms with van der Waals surface area (Å²) in [5.74, 6) is 0.253. The number of rotatable bonds is 6. The first-order valence-corrected chi connectivity index (χ1v) is 9.21. The maximum absolute atomic E-state index is 12.7. The highest BCUT2D eigenvalue weighted by Gasteiger charge is 2.34. The quantitative estimate of drug-likeness (QED) is 0.837. The number of nitrogens with zero attached hydrogens (tertiary/aromatic N) is 3. The number of amides is 2. The van der Waals surface area contributed by atoms with Crippen molar-refractivity contribution in [1.82, 2.24) is 14.7 Å². The van der Waals surface area contributed by atoms with E-state index in [1.165, 1.54) is 0 Å². The van der Waals surface area contributed by atoms with Crippen molar-refractivity contribution in [3.63, 3.8) is 0 Å². The zero-order valence-corrected chi connectivity index (χ0v) is 15.8. The minimum absolute atomic E-state index is 0.00571. The number of aryl methyl sites for hydroxylation is 2. The van der Waals surface area contributed by atoms with Crippen molar-refractivity contribution in [3.8, 4) is 5.75 Å². The van der Waals surface area contributed by atoms with Gasteiger partial charge in [-0.15, -0.1) is 0 Å². The Morgan fingerprint density at radius 2 is 2.00 bits per heavy atom. The van der Waals surface area contributed by atoms with Crippen molar-refractivity contribution in [2.75, 3.05) is 13.1 Å². The molecule has 1 aromatic heterocycles. The molecule has 7 nitrogen and oxygen atoms in total. The lowest BCUT2D eigenvalue weighted by molar-refractivity contribution is -0.136. The average Bonchev–Trinajstić information content (AvgIpc) is 2.94. The van der Waals surface area contributed by atoms with Crippen LogP contribution in [0.1, 0.15) is 24.2 Å². The number of nitrogens with two attached hydrogens (primary N) is 1. The van der Waals surface area contributed by atoms with Crippen LogP contribution in [0, 0.1) is 19.8 Å². The zero-order valence-electron chi connectivity index (χ0n) is 15.8. The summed E-state index contributed by atoms with van der Waals surface area (Å²) in [5, 5.41) is 4.35.